The van der Waals surface area contributed by atoms with Gasteiger partial charge in [0, 0.05) is 37.4 Å². The number of fused-ring (bicyclic) bond motifs is 1. The van der Waals surface area contributed by atoms with Gasteiger partial charge in [0.15, 0.2) is 0 Å². The molecule has 34 heavy (non-hydrogen) atoms. The molecule has 1 aromatic carbocycles. The van der Waals surface area contributed by atoms with E-state index in [2.05, 4.69) is 24.1 Å². The van der Waals surface area contributed by atoms with E-state index in [0.717, 1.165) is 21.6 Å². The molecule has 4 rings (SSSR count). The molecule has 0 spiro atoms. The molecular formula is C24H29ClN4O4S. The summed E-state index contributed by atoms with van der Waals surface area (Å²) >= 11 is 7.97. The first-order chi connectivity index (χ1) is 16.4. The van der Waals surface area contributed by atoms with Crippen molar-refractivity contribution >= 4 is 51.1 Å². The number of nitrogens with zero attached hydrogens (tertiary/aromatic N) is 3. The number of aryl methyl sites for hydroxylation is 2. The van der Waals surface area contributed by atoms with E-state index in [0.29, 0.717) is 55.8 Å². The van der Waals surface area contributed by atoms with Crippen LogP contribution in [0, 0.1) is 13.8 Å². The van der Waals surface area contributed by atoms with Crippen LogP contribution < -0.4 is 15.0 Å². The van der Waals surface area contributed by atoms with E-state index in [1.807, 2.05) is 18.2 Å². The van der Waals surface area contributed by atoms with Crippen molar-refractivity contribution in [1.82, 2.24) is 9.97 Å². The number of halogens is 1. The van der Waals surface area contributed by atoms with Crippen molar-refractivity contribution < 1.29 is 19.0 Å². The average molecular weight is 505 g/mol. The molecule has 1 aliphatic rings. The topological polar surface area (TPSA) is 85.8 Å². The van der Waals surface area contributed by atoms with E-state index in [-0.39, 0.29) is 6.10 Å². The summed E-state index contributed by atoms with van der Waals surface area (Å²) in [6.45, 7) is 8.25. The van der Waals surface area contributed by atoms with Crippen molar-refractivity contribution in [2.45, 2.75) is 46.3 Å². The van der Waals surface area contributed by atoms with Crippen molar-refractivity contribution in [3.63, 3.8) is 0 Å². The molecule has 0 bridgehead atoms. The maximum atomic E-state index is 11.6. The fourth-order valence-corrected chi connectivity index (χ4v) is 5.28. The fourth-order valence-electron chi connectivity index (χ4n) is 3.97. The Morgan fingerprint density at radius 3 is 2.71 bits per heavy atom. The fraction of sp³-hybridized carbons (Fsp3) is 0.458. The van der Waals surface area contributed by atoms with Crippen molar-refractivity contribution in [2.24, 2.45) is 0 Å². The number of nitrogens with one attached hydrogen (secondary N) is 1. The van der Waals surface area contributed by atoms with Crippen LogP contribution in [-0.4, -0.2) is 49.0 Å². The van der Waals surface area contributed by atoms with Crippen LogP contribution in [0.1, 0.15) is 35.8 Å². The summed E-state index contributed by atoms with van der Waals surface area (Å²) in [6, 6.07) is 5.74. The first-order valence-electron chi connectivity index (χ1n) is 11.3. The van der Waals surface area contributed by atoms with Gasteiger partial charge in [0.1, 0.15) is 22.5 Å². The van der Waals surface area contributed by atoms with E-state index in [1.54, 1.807) is 25.4 Å². The van der Waals surface area contributed by atoms with Crippen LogP contribution in [0.2, 0.25) is 5.02 Å². The zero-order valence-corrected chi connectivity index (χ0v) is 21.4. The van der Waals surface area contributed by atoms with Gasteiger partial charge in [-0.1, -0.05) is 17.7 Å². The van der Waals surface area contributed by atoms with Crippen LogP contribution in [-0.2, 0) is 16.0 Å². The van der Waals surface area contributed by atoms with Gasteiger partial charge in [0.25, 0.3) is 0 Å². The van der Waals surface area contributed by atoms with Gasteiger partial charge < -0.3 is 24.4 Å². The summed E-state index contributed by atoms with van der Waals surface area (Å²) in [5, 5.41) is 5.12. The monoisotopic (exact) mass is 504 g/mol. The largest absolute Gasteiger partial charge is 0.508 e. The number of methoxy groups -OCH3 is 1. The van der Waals surface area contributed by atoms with Gasteiger partial charge in [-0.3, -0.25) is 0 Å². The molecule has 1 fully saturated rings. The van der Waals surface area contributed by atoms with Crippen molar-refractivity contribution in [3.8, 4) is 5.75 Å². The molecule has 182 valence electrons. The van der Waals surface area contributed by atoms with Crippen LogP contribution in [0.4, 0.5) is 16.6 Å². The Kier molecular flexibility index (Phi) is 7.63. The molecule has 0 unspecified atom stereocenters. The number of ether oxygens (including phenoxy) is 3. The number of carbonyl (C=O) groups excluding carboxylic acids is 1. The van der Waals surface area contributed by atoms with E-state index >= 15 is 0 Å². The quantitative estimate of drug-likeness (QED) is 0.408. The number of benzene rings is 1. The summed E-state index contributed by atoms with van der Waals surface area (Å²) in [7, 11) is 1.60. The number of carbonyl (C=O) groups is 1. The number of aromatic nitrogens is 2. The van der Waals surface area contributed by atoms with Crippen LogP contribution in [0.5, 0.6) is 5.75 Å². The van der Waals surface area contributed by atoms with Gasteiger partial charge in [-0.25, -0.2) is 9.78 Å². The van der Waals surface area contributed by atoms with Gasteiger partial charge in [-0.15, -0.1) is 11.3 Å². The van der Waals surface area contributed by atoms with Crippen molar-refractivity contribution in [3.05, 3.63) is 39.2 Å². The number of anilines is 2. The van der Waals surface area contributed by atoms with Gasteiger partial charge >= 0.3 is 6.16 Å². The van der Waals surface area contributed by atoms with Gasteiger partial charge in [-0.05, 0) is 44.0 Å². The smallest absolute Gasteiger partial charge is 0.495 e. The predicted octanol–water partition coefficient (Wildman–Crippen LogP) is 5.72. The van der Waals surface area contributed by atoms with E-state index in [4.69, 9.17) is 35.8 Å². The second kappa shape index (κ2) is 10.7. The zero-order valence-electron chi connectivity index (χ0n) is 19.8. The minimum atomic E-state index is -0.603. The molecule has 3 aromatic rings. The maximum absolute atomic E-state index is 11.6. The molecule has 1 aliphatic heterocycles. The van der Waals surface area contributed by atoms with E-state index in [1.165, 1.54) is 10.4 Å². The minimum Gasteiger partial charge on any atom is -0.495 e. The Labute approximate surface area is 208 Å². The third-order valence-electron chi connectivity index (χ3n) is 5.94. The highest BCUT2D eigenvalue weighted by atomic mass is 35.5. The lowest BCUT2D eigenvalue weighted by atomic mass is 10.1. The van der Waals surface area contributed by atoms with Crippen LogP contribution in [0.25, 0.3) is 10.2 Å². The third kappa shape index (κ3) is 5.31. The molecule has 8 nitrogen and oxygen atoms in total. The molecule has 10 heteroatoms. The summed E-state index contributed by atoms with van der Waals surface area (Å²) in [5.41, 5.74) is 2.21. The molecule has 0 amide bonds. The highest BCUT2D eigenvalue weighted by Gasteiger charge is 2.26. The lowest BCUT2D eigenvalue weighted by Gasteiger charge is -2.31. The average Bonchev–Trinajstić information content (AvgIpc) is 3.11. The highest BCUT2D eigenvalue weighted by Crippen LogP contribution is 2.35. The van der Waals surface area contributed by atoms with Gasteiger partial charge in [0.2, 0.25) is 5.95 Å². The Bertz CT molecular complexity index is 1180. The van der Waals surface area contributed by atoms with Crippen LogP contribution >= 0.6 is 22.9 Å². The highest BCUT2D eigenvalue weighted by molar-refractivity contribution is 7.18. The molecule has 0 atom stereocenters. The van der Waals surface area contributed by atoms with E-state index in [9.17, 15) is 4.79 Å². The minimum absolute atomic E-state index is 0.150. The van der Waals surface area contributed by atoms with Crippen molar-refractivity contribution in [1.29, 1.82) is 0 Å². The summed E-state index contributed by atoms with van der Waals surface area (Å²) in [4.78, 5) is 25.7. The molecule has 1 saturated heterocycles. The molecule has 0 saturated carbocycles. The van der Waals surface area contributed by atoms with Crippen LogP contribution in [0.3, 0.4) is 0 Å². The molecule has 3 heterocycles. The normalized spacial score (nSPS) is 14.3. The molecule has 0 aliphatic carbocycles. The van der Waals surface area contributed by atoms with Gasteiger partial charge in [-0.2, -0.15) is 4.98 Å². The maximum Gasteiger partial charge on any atom is 0.508 e. The molecular weight excluding hydrogens is 476 g/mol. The second-order valence-corrected chi connectivity index (χ2v) is 9.76. The Morgan fingerprint density at radius 2 is 2.03 bits per heavy atom. The summed E-state index contributed by atoms with van der Waals surface area (Å²) in [6.07, 6.45) is 0.655. The predicted molar refractivity (Wildman–Crippen MR) is 136 cm³/mol. The third-order valence-corrected chi connectivity index (χ3v) is 7.34. The lowest BCUT2D eigenvalue weighted by molar-refractivity contribution is 0.0183. The SMILES string of the molecule is CCOC(=O)OC1CCN(c2nc(NCc3ccc(OC)c(Cl)c3)c3c(C)c(C)sc3n2)CC1. The standard InChI is InChI=1S/C24H29ClN4O4S/c1-5-32-24(30)33-17-8-10-29(11-9-17)23-27-21(20-14(2)15(3)34-22(20)28-23)26-13-16-6-7-19(31-4)18(25)12-16/h6-7,12,17H,5,8-11,13H2,1-4H3,(H,26,27,28). The first kappa shape index (κ1) is 24.3. The molecule has 2 aromatic heterocycles. The number of hydrogen-bond donors (Lipinski definition) is 1. The van der Waals surface area contributed by atoms with Crippen LogP contribution in [0.15, 0.2) is 18.2 Å². The van der Waals surface area contributed by atoms with E-state index < -0.39 is 6.16 Å². The number of piperidine rings is 1. The zero-order chi connectivity index (χ0) is 24.2. The first-order valence-corrected chi connectivity index (χ1v) is 12.5. The molecule has 0 radical (unpaired) electrons. The summed E-state index contributed by atoms with van der Waals surface area (Å²) < 4.78 is 15.5. The second-order valence-electron chi connectivity index (χ2n) is 8.15. The summed E-state index contributed by atoms with van der Waals surface area (Å²) in [5.74, 6) is 2.13. The number of thiophene rings is 1. The van der Waals surface area contributed by atoms with Gasteiger partial charge in [0.05, 0.1) is 24.1 Å². The lowest BCUT2D eigenvalue weighted by Crippen LogP contribution is -2.39. The Balaban J connectivity index is 1.53. The Morgan fingerprint density at radius 1 is 1.26 bits per heavy atom. The Hall–Kier alpha value is -2.78. The molecule has 1 N–H and O–H groups in total. The number of hydrogen-bond acceptors (Lipinski definition) is 9. The number of rotatable bonds is 7. The van der Waals surface area contributed by atoms with Crippen molar-refractivity contribution in [2.75, 3.05) is 37.0 Å².